The molecule has 1 saturated carbocycles. The van der Waals surface area contributed by atoms with Crippen molar-refractivity contribution in [3.63, 3.8) is 0 Å². The van der Waals surface area contributed by atoms with Gasteiger partial charge in [-0.25, -0.2) is 4.98 Å². The molecule has 1 aliphatic carbocycles. The number of pyridine rings is 1. The fraction of sp³-hybridized carbons (Fsp3) is 0.444. The standard InChI is InChI=1S/C9H9Cl3N2/c1-4-2-7(4)13-9-6(11)3-5(10)8(12)14-9/h3-4,7H,2H2,1H3,(H,13,14). The summed E-state index contributed by atoms with van der Waals surface area (Å²) < 4.78 is 0. The van der Waals surface area contributed by atoms with Crippen LogP contribution in [0.2, 0.25) is 15.2 Å². The van der Waals surface area contributed by atoms with Crippen molar-refractivity contribution in [2.24, 2.45) is 5.92 Å². The van der Waals surface area contributed by atoms with E-state index in [2.05, 4.69) is 17.2 Å². The molecule has 1 heterocycles. The van der Waals surface area contributed by atoms with Crippen molar-refractivity contribution in [2.75, 3.05) is 5.32 Å². The Labute approximate surface area is 97.6 Å². The van der Waals surface area contributed by atoms with Crippen LogP contribution in [0.5, 0.6) is 0 Å². The van der Waals surface area contributed by atoms with Crippen molar-refractivity contribution in [1.29, 1.82) is 0 Å². The third-order valence-corrected chi connectivity index (χ3v) is 3.28. The van der Waals surface area contributed by atoms with E-state index in [-0.39, 0.29) is 5.15 Å². The predicted octanol–water partition coefficient (Wildman–Crippen LogP) is 3.86. The van der Waals surface area contributed by atoms with Gasteiger partial charge < -0.3 is 5.32 Å². The largest absolute Gasteiger partial charge is 0.366 e. The van der Waals surface area contributed by atoms with Crippen molar-refractivity contribution in [3.8, 4) is 0 Å². The van der Waals surface area contributed by atoms with Crippen LogP contribution in [0.1, 0.15) is 13.3 Å². The van der Waals surface area contributed by atoms with Crippen molar-refractivity contribution >= 4 is 40.6 Å². The van der Waals surface area contributed by atoms with Gasteiger partial charge >= 0.3 is 0 Å². The van der Waals surface area contributed by atoms with Gasteiger partial charge in [0.05, 0.1) is 10.0 Å². The smallest absolute Gasteiger partial charge is 0.150 e. The van der Waals surface area contributed by atoms with Gasteiger partial charge in [0, 0.05) is 6.04 Å². The number of hydrogen-bond acceptors (Lipinski definition) is 2. The molecule has 0 radical (unpaired) electrons. The molecular weight excluding hydrogens is 242 g/mol. The molecule has 0 saturated heterocycles. The van der Waals surface area contributed by atoms with Gasteiger partial charge in [0.1, 0.15) is 11.0 Å². The van der Waals surface area contributed by atoms with E-state index in [1.807, 2.05) is 0 Å². The summed E-state index contributed by atoms with van der Waals surface area (Å²) in [5, 5.41) is 4.39. The molecule has 2 rings (SSSR count). The summed E-state index contributed by atoms with van der Waals surface area (Å²) in [5.41, 5.74) is 0. The molecule has 0 aliphatic heterocycles. The highest BCUT2D eigenvalue weighted by molar-refractivity contribution is 6.42. The van der Waals surface area contributed by atoms with E-state index >= 15 is 0 Å². The van der Waals surface area contributed by atoms with Crippen molar-refractivity contribution in [1.82, 2.24) is 4.98 Å². The molecule has 2 atom stereocenters. The maximum atomic E-state index is 5.95. The number of halogens is 3. The number of nitrogens with one attached hydrogen (secondary N) is 1. The highest BCUT2D eigenvalue weighted by Gasteiger charge is 2.33. The molecule has 1 fully saturated rings. The zero-order valence-corrected chi connectivity index (χ0v) is 9.79. The number of nitrogens with zero attached hydrogens (tertiary/aromatic N) is 1. The Balaban J connectivity index is 2.20. The monoisotopic (exact) mass is 250 g/mol. The zero-order chi connectivity index (χ0) is 10.3. The third kappa shape index (κ3) is 2.08. The van der Waals surface area contributed by atoms with E-state index in [1.54, 1.807) is 6.07 Å². The van der Waals surface area contributed by atoms with Crippen LogP contribution >= 0.6 is 34.8 Å². The van der Waals surface area contributed by atoms with Gasteiger partial charge in [0.2, 0.25) is 0 Å². The molecule has 76 valence electrons. The average molecular weight is 252 g/mol. The lowest BCUT2D eigenvalue weighted by atomic mass is 10.4. The molecule has 0 spiro atoms. The van der Waals surface area contributed by atoms with Crippen LogP contribution in [-0.4, -0.2) is 11.0 Å². The fourth-order valence-electron chi connectivity index (χ4n) is 1.24. The molecule has 1 aromatic heterocycles. The first-order valence-electron chi connectivity index (χ1n) is 4.36. The van der Waals surface area contributed by atoms with Crippen LogP contribution in [0.4, 0.5) is 5.82 Å². The second-order valence-electron chi connectivity index (χ2n) is 3.56. The lowest BCUT2D eigenvalue weighted by Gasteiger charge is -2.07. The first-order chi connectivity index (χ1) is 6.58. The van der Waals surface area contributed by atoms with Gasteiger partial charge in [-0.05, 0) is 18.4 Å². The topological polar surface area (TPSA) is 24.9 Å². The number of hydrogen-bond donors (Lipinski definition) is 1. The maximum Gasteiger partial charge on any atom is 0.150 e. The molecule has 0 amide bonds. The SMILES string of the molecule is CC1CC1Nc1nc(Cl)c(Cl)cc1Cl. The van der Waals surface area contributed by atoms with E-state index in [0.29, 0.717) is 27.8 Å². The van der Waals surface area contributed by atoms with Gasteiger partial charge in [-0.15, -0.1) is 0 Å². The van der Waals surface area contributed by atoms with E-state index < -0.39 is 0 Å². The summed E-state index contributed by atoms with van der Waals surface area (Å²) in [5.74, 6) is 1.30. The first kappa shape index (κ1) is 10.3. The van der Waals surface area contributed by atoms with E-state index in [4.69, 9.17) is 34.8 Å². The number of aromatic nitrogens is 1. The highest BCUT2D eigenvalue weighted by Crippen LogP contribution is 2.35. The van der Waals surface area contributed by atoms with Crippen LogP contribution < -0.4 is 5.32 Å². The van der Waals surface area contributed by atoms with Crippen molar-refractivity contribution in [2.45, 2.75) is 19.4 Å². The van der Waals surface area contributed by atoms with Crippen LogP contribution in [0.3, 0.4) is 0 Å². The van der Waals surface area contributed by atoms with Crippen LogP contribution in [0.25, 0.3) is 0 Å². The van der Waals surface area contributed by atoms with E-state index in [0.717, 1.165) is 6.42 Å². The van der Waals surface area contributed by atoms with E-state index in [9.17, 15) is 0 Å². The number of rotatable bonds is 2. The maximum absolute atomic E-state index is 5.95. The molecule has 2 unspecified atom stereocenters. The Bertz CT molecular complexity index is 367. The van der Waals surface area contributed by atoms with E-state index in [1.165, 1.54) is 0 Å². The Morgan fingerprint density at radius 3 is 2.57 bits per heavy atom. The lowest BCUT2D eigenvalue weighted by molar-refractivity contribution is 0.924. The molecule has 2 nitrogen and oxygen atoms in total. The third-order valence-electron chi connectivity index (χ3n) is 2.32. The molecule has 1 aliphatic rings. The summed E-state index contributed by atoms with van der Waals surface area (Å²) in [6, 6.07) is 2.07. The minimum absolute atomic E-state index is 0.284. The molecule has 5 heteroatoms. The summed E-state index contributed by atoms with van der Waals surface area (Å²) in [6.07, 6.45) is 1.15. The summed E-state index contributed by atoms with van der Waals surface area (Å²) in [7, 11) is 0. The van der Waals surface area contributed by atoms with Crippen molar-refractivity contribution < 1.29 is 0 Å². The molecule has 0 bridgehead atoms. The van der Waals surface area contributed by atoms with Gasteiger partial charge in [0.25, 0.3) is 0 Å². The minimum Gasteiger partial charge on any atom is -0.366 e. The summed E-state index contributed by atoms with van der Waals surface area (Å²) >= 11 is 17.5. The van der Waals surface area contributed by atoms with Gasteiger partial charge in [0.15, 0.2) is 0 Å². The van der Waals surface area contributed by atoms with Gasteiger partial charge in [-0.1, -0.05) is 41.7 Å². The second-order valence-corrected chi connectivity index (χ2v) is 4.73. The Morgan fingerprint density at radius 2 is 2.00 bits per heavy atom. The first-order valence-corrected chi connectivity index (χ1v) is 5.49. The fourth-order valence-corrected chi connectivity index (χ4v) is 1.80. The zero-order valence-electron chi connectivity index (χ0n) is 7.52. The number of anilines is 1. The average Bonchev–Trinajstić information content (AvgIpc) is 2.78. The summed E-state index contributed by atoms with van der Waals surface area (Å²) in [6.45, 7) is 2.17. The Morgan fingerprint density at radius 1 is 1.36 bits per heavy atom. The summed E-state index contributed by atoms with van der Waals surface area (Å²) in [4.78, 5) is 4.08. The molecule has 1 N–H and O–H groups in total. The minimum atomic E-state index is 0.284. The van der Waals surface area contributed by atoms with Gasteiger partial charge in [-0.2, -0.15) is 0 Å². The molecule has 14 heavy (non-hydrogen) atoms. The Hall–Kier alpha value is -0.180. The highest BCUT2D eigenvalue weighted by atomic mass is 35.5. The van der Waals surface area contributed by atoms with Gasteiger partial charge in [-0.3, -0.25) is 0 Å². The van der Waals surface area contributed by atoms with Crippen LogP contribution in [-0.2, 0) is 0 Å². The second kappa shape index (κ2) is 3.76. The van der Waals surface area contributed by atoms with Crippen LogP contribution in [0.15, 0.2) is 6.07 Å². The molecule has 0 aromatic carbocycles. The van der Waals surface area contributed by atoms with Crippen molar-refractivity contribution in [3.05, 3.63) is 21.3 Å². The normalized spacial score (nSPS) is 24.9. The quantitative estimate of drug-likeness (QED) is 0.807. The lowest BCUT2D eigenvalue weighted by Crippen LogP contribution is -2.05. The molecular formula is C9H9Cl3N2. The van der Waals surface area contributed by atoms with Crippen LogP contribution in [0, 0.1) is 5.92 Å². The Kier molecular flexibility index (Phi) is 2.78. The molecule has 1 aromatic rings. The predicted molar refractivity (Wildman–Crippen MR) is 60.5 cm³/mol.